The predicted octanol–water partition coefficient (Wildman–Crippen LogP) is 0.293. The molecule has 2 saturated heterocycles. The van der Waals surface area contributed by atoms with Crippen LogP contribution in [0.1, 0.15) is 5.37 Å². The normalized spacial score (nSPS) is 40.5. The summed E-state index contributed by atoms with van der Waals surface area (Å²) in [6.07, 6.45) is -1.39. The lowest BCUT2D eigenvalue weighted by atomic mass is 10.1. The van der Waals surface area contributed by atoms with Crippen LogP contribution in [0.5, 0.6) is 0 Å². The second kappa shape index (κ2) is 4.81. The van der Waals surface area contributed by atoms with Gasteiger partial charge in [0.25, 0.3) is 0 Å². The van der Waals surface area contributed by atoms with Gasteiger partial charge in [-0.2, -0.15) is 4.98 Å². The van der Waals surface area contributed by atoms with Gasteiger partial charge in [-0.15, -0.1) is 11.8 Å². The fourth-order valence-electron chi connectivity index (χ4n) is 2.15. The van der Waals surface area contributed by atoms with Crippen LogP contribution >= 0.6 is 19.6 Å². The summed E-state index contributed by atoms with van der Waals surface area (Å²) in [5, 5.41) is -1.36. The second-order valence-electron chi connectivity index (χ2n) is 4.39. The minimum atomic E-state index is -4.21. The lowest BCUT2D eigenvalue weighted by Crippen LogP contribution is -2.37. The molecule has 0 radical (unpaired) electrons. The van der Waals surface area contributed by atoms with E-state index < -0.39 is 36.4 Å². The summed E-state index contributed by atoms with van der Waals surface area (Å²) >= 11 is 1.10. The molecule has 20 heavy (non-hydrogen) atoms. The van der Waals surface area contributed by atoms with Crippen molar-refractivity contribution >= 4 is 25.4 Å². The Morgan fingerprint density at radius 3 is 3.10 bits per heavy atom. The Bertz CT molecular complexity index is 642. The van der Waals surface area contributed by atoms with Crippen LogP contribution in [-0.4, -0.2) is 38.6 Å². The van der Waals surface area contributed by atoms with Crippen molar-refractivity contribution in [1.82, 2.24) is 9.55 Å². The number of aromatic nitrogens is 2. The van der Waals surface area contributed by atoms with Crippen LogP contribution in [0.4, 0.5) is 10.2 Å². The van der Waals surface area contributed by atoms with E-state index in [2.05, 4.69) is 9.51 Å². The number of phosphoric ester groups is 1. The van der Waals surface area contributed by atoms with Gasteiger partial charge in [0.2, 0.25) is 0 Å². The first-order chi connectivity index (χ1) is 9.37. The molecule has 1 aromatic rings. The Balaban J connectivity index is 1.90. The molecule has 0 aliphatic carbocycles. The first-order valence-electron chi connectivity index (χ1n) is 5.67. The van der Waals surface area contributed by atoms with Crippen LogP contribution in [0.3, 0.4) is 0 Å². The van der Waals surface area contributed by atoms with Crippen molar-refractivity contribution in [3.8, 4) is 0 Å². The van der Waals surface area contributed by atoms with Crippen LogP contribution < -0.4 is 11.4 Å². The molecule has 110 valence electrons. The highest BCUT2D eigenvalue weighted by Gasteiger charge is 2.53. The number of thioether (sulfide) groups is 1. The van der Waals surface area contributed by atoms with Gasteiger partial charge >= 0.3 is 13.5 Å². The van der Waals surface area contributed by atoms with Gasteiger partial charge in [-0.25, -0.2) is 13.8 Å². The Labute approximate surface area is 116 Å². The van der Waals surface area contributed by atoms with Gasteiger partial charge in [0.1, 0.15) is 17.3 Å². The third-order valence-corrected chi connectivity index (χ3v) is 5.55. The molecule has 0 saturated carbocycles. The van der Waals surface area contributed by atoms with Gasteiger partial charge in [-0.05, 0) is 6.07 Å². The van der Waals surface area contributed by atoms with Gasteiger partial charge in [0.15, 0.2) is 6.17 Å². The summed E-state index contributed by atoms with van der Waals surface area (Å²) in [5.41, 5.74) is 4.69. The molecule has 1 unspecified atom stereocenters. The lowest BCUT2D eigenvalue weighted by molar-refractivity contribution is 0.0131. The van der Waals surface area contributed by atoms with E-state index in [1.165, 1.54) is 12.3 Å². The van der Waals surface area contributed by atoms with E-state index in [1.54, 1.807) is 0 Å². The second-order valence-corrected chi connectivity index (χ2v) is 7.15. The van der Waals surface area contributed by atoms with Gasteiger partial charge in [-0.3, -0.25) is 13.6 Å². The summed E-state index contributed by atoms with van der Waals surface area (Å²) in [5.74, 6) is 0.0431. The van der Waals surface area contributed by atoms with E-state index in [0.717, 1.165) is 16.3 Å². The van der Waals surface area contributed by atoms with Crippen molar-refractivity contribution in [3.05, 3.63) is 22.7 Å². The number of fused-ring (bicyclic) bond motifs is 1. The zero-order valence-corrected chi connectivity index (χ0v) is 11.7. The molecule has 11 heteroatoms. The first-order valence-corrected chi connectivity index (χ1v) is 8.11. The molecule has 3 heterocycles. The van der Waals surface area contributed by atoms with Crippen molar-refractivity contribution in [3.63, 3.8) is 0 Å². The number of rotatable bonds is 1. The van der Waals surface area contributed by atoms with Crippen molar-refractivity contribution < 1.29 is 22.9 Å². The Kier molecular flexibility index (Phi) is 3.38. The molecule has 0 spiro atoms. The predicted molar refractivity (Wildman–Crippen MR) is 68.9 cm³/mol. The zero-order valence-electron chi connectivity index (χ0n) is 9.96. The standard InChI is InChI=1S/C9H11FN3O5PS/c10-6-7-4(3-17-19(15,16)18-7)20-8(6)13-2-1-5(11)12-9(13)14/h1-2,4,6-8H,3H2,(H,15,16)(H2,11,12,14)/t4-,6+,7-,8-/m1/s1. The van der Waals surface area contributed by atoms with E-state index >= 15 is 0 Å². The van der Waals surface area contributed by atoms with Crippen molar-refractivity contribution in [2.75, 3.05) is 12.3 Å². The van der Waals surface area contributed by atoms with Crippen LogP contribution in [0.15, 0.2) is 17.1 Å². The van der Waals surface area contributed by atoms with Crippen molar-refractivity contribution in [2.24, 2.45) is 0 Å². The topological polar surface area (TPSA) is 117 Å². The van der Waals surface area contributed by atoms with E-state index in [-0.39, 0.29) is 12.4 Å². The highest BCUT2D eigenvalue weighted by Crippen LogP contribution is 2.57. The maximum absolute atomic E-state index is 14.4. The average molecular weight is 323 g/mol. The molecule has 2 aliphatic rings. The largest absolute Gasteiger partial charge is 0.472 e. The molecule has 2 fully saturated rings. The van der Waals surface area contributed by atoms with Gasteiger partial charge in [-0.1, -0.05) is 0 Å². The third-order valence-electron chi connectivity index (χ3n) is 3.05. The summed E-state index contributed by atoms with van der Waals surface area (Å²) in [7, 11) is -4.21. The van der Waals surface area contributed by atoms with Gasteiger partial charge in [0.05, 0.1) is 11.9 Å². The maximum atomic E-state index is 14.4. The summed E-state index contributed by atoms with van der Waals surface area (Å²) < 4.78 is 36.2. The molecule has 0 bridgehead atoms. The number of alkyl halides is 1. The molecular formula is C9H11FN3O5PS. The molecular weight excluding hydrogens is 312 g/mol. The summed E-state index contributed by atoms with van der Waals surface area (Å²) in [4.78, 5) is 24.5. The maximum Gasteiger partial charge on any atom is 0.472 e. The van der Waals surface area contributed by atoms with Crippen LogP contribution in [-0.2, 0) is 13.6 Å². The minimum Gasteiger partial charge on any atom is -0.383 e. The number of anilines is 1. The van der Waals surface area contributed by atoms with Crippen LogP contribution in [0.25, 0.3) is 0 Å². The third kappa shape index (κ3) is 2.38. The summed E-state index contributed by atoms with van der Waals surface area (Å²) in [6, 6.07) is 1.38. The molecule has 5 atom stereocenters. The quantitative estimate of drug-likeness (QED) is 0.709. The van der Waals surface area contributed by atoms with Crippen LogP contribution in [0, 0.1) is 0 Å². The van der Waals surface area contributed by atoms with E-state index in [1.807, 2.05) is 0 Å². The zero-order chi connectivity index (χ0) is 14.5. The number of hydrogen-bond acceptors (Lipinski definition) is 7. The van der Waals surface area contributed by atoms with E-state index in [9.17, 15) is 18.6 Å². The highest BCUT2D eigenvalue weighted by molar-refractivity contribution is 8.00. The first kappa shape index (κ1) is 14.0. The fourth-order valence-corrected chi connectivity index (χ4v) is 4.78. The Morgan fingerprint density at radius 1 is 1.65 bits per heavy atom. The number of nitrogen functional groups attached to an aromatic ring is 1. The van der Waals surface area contributed by atoms with Crippen LogP contribution in [0.2, 0.25) is 0 Å². The molecule has 1 aromatic heterocycles. The number of halogens is 1. The van der Waals surface area contributed by atoms with Crippen molar-refractivity contribution in [2.45, 2.75) is 22.9 Å². The minimum absolute atomic E-state index is 0.0431. The van der Waals surface area contributed by atoms with E-state index in [0.29, 0.717) is 0 Å². The number of phosphoric acid groups is 1. The SMILES string of the molecule is Nc1ccn([C@@H]2S[C@@H]3COP(=O)(O)O[C@H]3[C@@H]2F)c(=O)n1. The fraction of sp³-hybridized carbons (Fsp3) is 0.556. The number of hydrogen-bond donors (Lipinski definition) is 2. The smallest absolute Gasteiger partial charge is 0.383 e. The number of nitrogens with zero attached hydrogens (tertiary/aromatic N) is 2. The van der Waals surface area contributed by atoms with Crippen molar-refractivity contribution in [1.29, 1.82) is 0 Å². The van der Waals surface area contributed by atoms with Gasteiger partial charge < -0.3 is 10.6 Å². The lowest BCUT2D eigenvalue weighted by Gasteiger charge is -2.28. The van der Waals surface area contributed by atoms with E-state index in [4.69, 9.17) is 10.3 Å². The Morgan fingerprint density at radius 2 is 2.40 bits per heavy atom. The molecule has 3 N–H and O–H groups in total. The Hall–Kier alpha value is -0.930. The monoisotopic (exact) mass is 323 g/mol. The molecule has 0 aromatic carbocycles. The van der Waals surface area contributed by atoms with Gasteiger partial charge in [0, 0.05) is 6.20 Å². The average Bonchev–Trinajstić information content (AvgIpc) is 2.66. The molecule has 8 nitrogen and oxygen atoms in total. The number of nitrogens with two attached hydrogens (primary N) is 1. The molecule has 2 aliphatic heterocycles. The highest BCUT2D eigenvalue weighted by atomic mass is 32.2. The molecule has 3 rings (SSSR count). The molecule has 0 amide bonds. The summed E-state index contributed by atoms with van der Waals surface area (Å²) in [6.45, 7) is -0.114.